The number of rotatable bonds is 4. The molecule has 1 atom stereocenters. The molecule has 20 heavy (non-hydrogen) atoms. The van der Waals surface area contributed by atoms with Gasteiger partial charge in [0.1, 0.15) is 5.69 Å². The van der Waals surface area contributed by atoms with Gasteiger partial charge < -0.3 is 5.32 Å². The van der Waals surface area contributed by atoms with Crippen LogP contribution in [0.5, 0.6) is 0 Å². The Hall–Kier alpha value is -1.62. The summed E-state index contributed by atoms with van der Waals surface area (Å²) in [6.07, 6.45) is 3.70. The Kier molecular flexibility index (Phi) is 3.38. The first-order chi connectivity index (χ1) is 9.54. The quantitative estimate of drug-likeness (QED) is 0.678. The highest BCUT2D eigenvalue weighted by molar-refractivity contribution is 5.65. The molecule has 1 N–H and O–H groups in total. The number of hydrogen-bond acceptors (Lipinski definition) is 4. The van der Waals surface area contributed by atoms with Gasteiger partial charge in [-0.3, -0.25) is 15.0 Å². The van der Waals surface area contributed by atoms with Crippen LogP contribution in [0, 0.1) is 24.0 Å². The Balaban J connectivity index is 1.76. The number of nitrogens with zero attached hydrogens (tertiary/aromatic N) is 2. The second-order valence-electron chi connectivity index (χ2n) is 6.07. The van der Waals surface area contributed by atoms with Gasteiger partial charge in [0, 0.05) is 31.2 Å². The minimum absolute atomic E-state index is 0.193. The van der Waals surface area contributed by atoms with E-state index in [4.69, 9.17) is 0 Å². The number of anilines is 1. The van der Waals surface area contributed by atoms with E-state index in [2.05, 4.69) is 10.2 Å². The van der Waals surface area contributed by atoms with Gasteiger partial charge in [-0.2, -0.15) is 0 Å². The Morgan fingerprint density at radius 1 is 1.25 bits per heavy atom. The molecule has 1 saturated carbocycles. The van der Waals surface area contributed by atoms with Crippen LogP contribution in [0.4, 0.5) is 11.4 Å². The zero-order valence-electron chi connectivity index (χ0n) is 12.1. The summed E-state index contributed by atoms with van der Waals surface area (Å²) in [5.41, 5.74) is 2.92. The lowest BCUT2D eigenvalue weighted by Gasteiger charge is -2.17. The van der Waals surface area contributed by atoms with E-state index in [1.54, 1.807) is 6.07 Å². The molecule has 1 saturated heterocycles. The van der Waals surface area contributed by atoms with Crippen molar-refractivity contribution in [3.8, 4) is 0 Å². The maximum absolute atomic E-state index is 11.2. The van der Waals surface area contributed by atoms with Crippen molar-refractivity contribution in [2.24, 2.45) is 0 Å². The van der Waals surface area contributed by atoms with Gasteiger partial charge >= 0.3 is 0 Å². The molecule has 1 aliphatic heterocycles. The van der Waals surface area contributed by atoms with Gasteiger partial charge in [0.05, 0.1) is 4.92 Å². The van der Waals surface area contributed by atoms with Crippen molar-refractivity contribution in [2.75, 3.05) is 18.4 Å². The molecular weight excluding hydrogens is 254 g/mol. The molecule has 2 aliphatic rings. The molecule has 5 heteroatoms. The second kappa shape index (κ2) is 5.05. The van der Waals surface area contributed by atoms with Crippen molar-refractivity contribution in [3.05, 3.63) is 33.4 Å². The minimum atomic E-state index is -0.289. The van der Waals surface area contributed by atoms with Gasteiger partial charge in [0.15, 0.2) is 0 Å². The monoisotopic (exact) mass is 275 g/mol. The summed E-state index contributed by atoms with van der Waals surface area (Å²) < 4.78 is 0. The van der Waals surface area contributed by atoms with Crippen molar-refractivity contribution in [1.29, 1.82) is 0 Å². The number of nitro benzene ring substituents is 1. The molecule has 1 aliphatic carbocycles. The number of hydrogen-bond donors (Lipinski definition) is 1. The van der Waals surface area contributed by atoms with Crippen LogP contribution in [0.15, 0.2) is 12.1 Å². The molecular formula is C15H21N3O2. The first-order valence-corrected chi connectivity index (χ1v) is 7.31. The van der Waals surface area contributed by atoms with E-state index in [0.29, 0.717) is 11.7 Å². The summed E-state index contributed by atoms with van der Waals surface area (Å²) in [6, 6.07) is 4.69. The van der Waals surface area contributed by atoms with Gasteiger partial charge in [-0.25, -0.2) is 0 Å². The van der Waals surface area contributed by atoms with E-state index in [9.17, 15) is 10.1 Å². The summed E-state index contributed by atoms with van der Waals surface area (Å²) in [4.78, 5) is 13.4. The lowest BCUT2D eigenvalue weighted by Crippen LogP contribution is -2.28. The van der Waals surface area contributed by atoms with E-state index >= 15 is 0 Å². The van der Waals surface area contributed by atoms with Crippen LogP contribution in [0.25, 0.3) is 0 Å². The summed E-state index contributed by atoms with van der Waals surface area (Å²) >= 11 is 0. The number of likely N-dealkylation sites (tertiary alicyclic amines) is 1. The summed E-state index contributed by atoms with van der Waals surface area (Å²) in [5.74, 6) is 0. The van der Waals surface area contributed by atoms with E-state index < -0.39 is 0 Å². The number of nitrogens with one attached hydrogen (secondary N) is 1. The van der Waals surface area contributed by atoms with Crippen molar-refractivity contribution < 1.29 is 4.92 Å². The van der Waals surface area contributed by atoms with Crippen molar-refractivity contribution in [1.82, 2.24) is 4.90 Å². The predicted octanol–water partition coefficient (Wildman–Crippen LogP) is 2.86. The van der Waals surface area contributed by atoms with Gasteiger partial charge in [-0.15, -0.1) is 0 Å². The Bertz CT molecular complexity index is 540. The standard InChI is InChI=1S/C15H21N3O2/c1-10-7-14(15(18(19)20)8-11(10)2)16-12-5-6-17(9-12)13-3-4-13/h7-8,12-13,16H,3-6,9H2,1-2H3. The van der Waals surface area contributed by atoms with Gasteiger partial charge in [0.25, 0.3) is 5.69 Å². The van der Waals surface area contributed by atoms with Crippen LogP contribution in [0.2, 0.25) is 0 Å². The first-order valence-electron chi connectivity index (χ1n) is 7.31. The molecule has 5 nitrogen and oxygen atoms in total. The fourth-order valence-electron chi connectivity index (χ4n) is 2.96. The molecule has 108 valence electrons. The Labute approximate surface area is 119 Å². The zero-order valence-corrected chi connectivity index (χ0v) is 12.1. The van der Waals surface area contributed by atoms with E-state index in [1.807, 2.05) is 19.9 Å². The number of benzene rings is 1. The third-order valence-corrected chi connectivity index (χ3v) is 4.45. The average molecular weight is 275 g/mol. The maximum Gasteiger partial charge on any atom is 0.292 e. The molecule has 0 spiro atoms. The number of nitro groups is 1. The molecule has 2 fully saturated rings. The molecule has 3 rings (SSSR count). The molecule has 1 aromatic rings. The highest BCUT2D eigenvalue weighted by Crippen LogP contribution is 2.33. The summed E-state index contributed by atoms with van der Waals surface area (Å²) in [5, 5.41) is 14.6. The average Bonchev–Trinajstić information content (AvgIpc) is 3.14. The Morgan fingerprint density at radius 3 is 2.60 bits per heavy atom. The van der Waals surface area contributed by atoms with E-state index in [1.165, 1.54) is 12.8 Å². The molecule has 0 aromatic heterocycles. The van der Waals surface area contributed by atoms with Crippen LogP contribution in [0.3, 0.4) is 0 Å². The van der Waals surface area contributed by atoms with Gasteiger partial charge in [-0.1, -0.05) is 0 Å². The molecule has 1 aromatic carbocycles. The predicted molar refractivity (Wildman–Crippen MR) is 79.2 cm³/mol. The molecule has 1 unspecified atom stereocenters. The van der Waals surface area contributed by atoms with Crippen LogP contribution < -0.4 is 5.32 Å². The van der Waals surface area contributed by atoms with Crippen molar-refractivity contribution in [2.45, 2.75) is 45.2 Å². The normalized spacial score (nSPS) is 23.0. The van der Waals surface area contributed by atoms with Crippen LogP contribution >= 0.6 is 0 Å². The zero-order chi connectivity index (χ0) is 14.3. The summed E-state index contributed by atoms with van der Waals surface area (Å²) in [7, 11) is 0. The molecule has 0 bridgehead atoms. The smallest absolute Gasteiger partial charge is 0.292 e. The second-order valence-corrected chi connectivity index (χ2v) is 6.07. The lowest BCUT2D eigenvalue weighted by molar-refractivity contribution is -0.384. The topological polar surface area (TPSA) is 58.4 Å². The van der Waals surface area contributed by atoms with E-state index in [0.717, 1.165) is 36.7 Å². The third-order valence-electron chi connectivity index (χ3n) is 4.45. The van der Waals surface area contributed by atoms with Crippen LogP contribution in [0.1, 0.15) is 30.4 Å². The molecule has 0 amide bonds. The molecule has 0 radical (unpaired) electrons. The van der Waals surface area contributed by atoms with Gasteiger partial charge in [0.2, 0.25) is 0 Å². The summed E-state index contributed by atoms with van der Waals surface area (Å²) in [6.45, 7) is 6.03. The Morgan fingerprint density at radius 2 is 1.95 bits per heavy atom. The fraction of sp³-hybridized carbons (Fsp3) is 0.600. The maximum atomic E-state index is 11.2. The SMILES string of the molecule is Cc1cc(NC2CCN(C3CC3)C2)c([N+](=O)[O-])cc1C. The van der Waals surface area contributed by atoms with E-state index in [-0.39, 0.29) is 10.6 Å². The highest BCUT2D eigenvalue weighted by atomic mass is 16.6. The first kappa shape index (κ1) is 13.4. The third kappa shape index (κ3) is 2.63. The van der Waals surface area contributed by atoms with Crippen molar-refractivity contribution >= 4 is 11.4 Å². The lowest BCUT2D eigenvalue weighted by atomic mass is 10.1. The minimum Gasteiger partial charge on any atom is -0.375 e. The van der Waals surface area contributed by atoms with Crippen molar-refractivity contribution in [3.63, 3.8) is 0 Å². The highest BCUT2D eigenvalue weighted by Gasteiger charge is 2.34. The van der Waals surface area contributed by atoms with Crippen LogP contribution in [-0.4, -0.2) is 35.0 Å². The molecule has 1 heterocycles. The van der Waals surface area contributed by atoms with Gasteiger partial charge in [-0.05, 0) is 50.3 Å². The van der Waals surface area contributed by atoms with Crippen LogP contribution in [-0.2, 0) is 0 Å². The fourth-order valence-corrected chi connectivity index (χ4v) is 2.96. The largest absolute Gasteiger partial charge is 0.375 e. The number of aryl methyl sites for hydroxylation is 2.